The zero-order valence-electron chi connectivity index (χ0n) is 11.6. The van der Waals surface area contributed by atoms with E-state index in [-0.39, 0.29) is 17.9 Å². The van der Waals surface area contributed by atoms with Gasteiger partial charge in [-0.3, -0.25) is 10.6 Å². The number of nitrogens with two attached hydrogens (primary N) is 1. The predicted molar refractivity (Wildman–Crippen MR) is 73.8 cm³/mol. The number of carboxylic acid groups (broad SMARTS) is 1. The molecule has 22 heavy (non-hydrogen) atoms. The molecule has 0 unspecified atom stereocenters. The van der Waals surface area contributed by atoms with Crippen LogP contribution in [0.1, 0.15) is 12.5 Å². The lowest BCUT2D eigenvalue weighted by Crippen LogP contribution is -2.54. The minimum absolute atomic E-state index is 0.00828. The summed E-state index contributed by atoms with van der Waals surface area (Å²) in [5.74, 6) is 3.65. The lowest BCUT2D eigenvalue weighted by molar-refractivity contribution is -0.144. The Morgan fingerprint density at radius 3 is 2.55 bits per heavy atom. The summed E-state index contributed by atoms with van der Waals surface area (Å²) < 4.78 is 19.4. The Labute approximate surface area is 125 Å². The van der Waals surface area contributed by atoms with Gasteiger partial charge in [-0.2, -0.15) is 0 Å². The fourth-order valence-corrected chi connectivity index (χ4v) is 1.74. The summed E-state index contributed by atoms with van der Waals surface area (Å²) in [6.45, 7) is 0.624. The van der Waals surface area contributed by atoms with E-state index in [4.69, 9.17) is 25.5 Å². The number of benzene rings is 1. The smallest absolute Gasteiger partial charge is 0.472 e. The fraction of sp³-hybridized carbons (Fsp3) is 0.364. The number of phenolic OH excluding ortho intramolecular Hbond substituents is 1. The molecule has 7 N–H and O–H groups in total. The van der Waals surface area contributed by atoms with Gasteiger partial charge in [-0.25, -0.2) is 14.5 Å². The summed E-state index contributed by atoms with van der Waals surface area (Å²) in [6, 6.07) is 4.04. The van der Waals surface area contributed by atoms with Crippen LogP contribution in [0.15, 0.2) is 18.2 Å². The highest BCUT2D eigenvalue weighted by atomic mass is 31.2. The fourth-order valence-electron chi connectivity index (χ4n) is 1.55. The summed E-state index contributed by atoms with van der Waals surface area (Å²) in [4.78, 5) is 28.1. The average Bonchev–Trinajstić information content (AvgIpc) is 2.39. The van der Waals surface area contributed by atoms with Gasteiger partial charge >= 0.3 is 13.8 Å². The molecule has 0 saturated carbocycles. The summed E-state index contributed by atoms with van der Waals surface area (Å²) in [5, 5.41) is 18.8. The quantitative estimate of drug-likeness (QED) is 0.160. The van der Waals surface area contributed by atoms with E-state index in [1.165, 1.54) is 25.1 Å². The van der Waals surface area contributed by atoms with Gasteiger partial charge in [0.1, 0.15) is 5.54 Å². The minimum Gasteiger partial charge on any atom is -0.504 e. The van der Waals surface area contributed by atoms with E-state index in [2.05, 4.69) is 9.95 Å². The summed E-state index contributed by atoms with van der Waals surface area (Å²) in [5.41, 5.74) is 1.24. The van der Waals surface area contributed by atoms with Gasteiger partial charge in [0, 0.05) is 6.42 Å². The maximum Gasteiger partial charge on any atom is 0.472 e. The molecular formula is C11H17N2O8P. The Morgan fingerprint density at radius 1 is 1.45 bits per heavy atom. The van der Waals surface area contributed by atoms with Crippen LogP contribution in [0.3, 0.4) is 0 Å². The van der Waals surface area contributed by atoms with Gasteiger partial charge in [-0.15, -0.1) is 0 Å². The van der Waals surface area contributed by atoms with E-state index >= 15 is 0 Å². The number of aromatic hydroxyl groups is 1. The highest BCUT2D eigenvalue weighted by molar-refractivity contribution is 7.46. The van der Waals surface area contributed by atoms with Crippen molar-refractivity contribution in [1.29, 1.82) is 0 Å². The van der Waals surface area contributed by atoms with Gasteiger partial charge in [0.25, 0.3) is 0 Å². The molecule has 0 amide bonds. The molecule has 10 nitrogen and oxygen atoms in total. The second-order valence-electron chi connectivity index (χ2n) is 4.64. The first kappa shape index (κ1) is 18.4. The molecule has 0 radical (unpaired) electrons. The lowest BCUT2D eigenvalue weighted by Gasteiger charge is -2.23. The molecule has 0 saturated heterocycles. The van der Waals surface area contributed by atoms with Gasteiger partial charge in [0.15, 0.2) is 11.5 Å². The van der Waals surface area contributed by atoms with Crippen molar-refractivity contribution in [2.24, 2.45) is 5.84 Å². The second kappa shape index (κ2) is 7.05. The number of hydrogen-bond acceptors (Lipinski definition) is 7. The van der Waals surface area contributed by atoms with Crippen LogP contribution >= 0.6 is 7.82 Å². The molecule has 0 aliphatic heterocycles. The Bertz CT molecular complexity index is 589. The Balaban J connectivity index is 2.77. The molecule has 0 aliphatic carbocycles. The Kier molecular flexibility index (Phi) is 5.89. The first-order valence-electron chi connectivity index (χ1n) is 5.93. The van der Waals surface area contributed by atoms with E-state index in [9.17, 15) is 14.5 Å². The van der Waals surface area contributed by atoms with Gasteiger partial charge in [-0.1, -0.05) is 6.07 Å². The van der Waals surface area contributed by atoms with Gasteiger partial charge < -0.3 is 24.7 Å². The number of hydrazine groups is 1. The minimum atomic E-state index is -4.66. The number of carboxylic acids is 1. The number of aliphatic carboxylic acids is 1. The number of phosphoric acid groups is 1. The van der Waals surface area contributed by atoms with E-state index in [1.54, 1.807) is 0 Å². The molecule has 0 fully saturated rings. The SMILES string of the molecule is C[C@@](Cc1ccc(OCOP(=O)(O)O)c(O)c1)(NN)C(=O)O. The van der Waals surface area contributed by atoms with Crippen molar-refractivity contribution in [2.75, 3.05) is 6.79 Å². The van der Waals surface area contributed by atoms with Crippen LogP contribution in [-0.2, 0) is 20.3 Å². The predicted octanol–water partition coefficient (Wildman–Crippen LogP) is -0.313. The van der Waals surface area contributed by atoms with E-state index < -0.39 is 26.1 Å². The third-order valence-electron chi connectivity index (χ3n) is 2.81. The molecule has 1 aromatic rings. The monoisotopic (exact) mass is 336 g/mol. The molecule has 1 aromatic carbocycles. The van der Waals surface area contributed by atoms with Gasteiger partial charge in [-0.05, 0) is 24.6 Å². The van der Waals surface area contributed by atoms with Gasteiger partial charge in [0.2, 0.25) is 6.79 Å². The van der Waals surface area contributed by atoms with Crippen LogP contribution in [0.5, 0.6) is 11.5 Å². The molecule has 0 aromatic heterocycles. The summed E-state index contributed by atoms with van der Waals surface area (Å²) >= 11 is 0. The third-order valence-corrected chi connectivity index (χ3v) is 3.25. The second-order valence-corrected chi connectivity index (χ2v) is 5.88. The van der Waals surface area contributed by atoms with Crippen molar-refractivity contribution in [3.05, 3.63) is 23.8 Å². The summed E-state index contributed by atoms with van der Waals surface area (Å²) in [6.07, 6.45) is -0.00828. The first-order valence-corrected chi connectivity index (χ1v) is 7.46. The molecule has 11 heteroatoms. The highest BCUT2D eigenvalue weighted by Gasteiger charge is 2.32. The highest BCUT2D eigenvalue weighted by Crippen LogP contribution is 2.36. The van der Waals surface area contributed by atoms with Crippen LogP contribution in [-0.4, -0.2) is 38.3 Å². The number of carbonyl (C=O) groups is 1. The van der Waals surface area contributed by atoms with Crippen LogP contribution < -0.4 is 16.0 Å². The van der Waals surface area contributed by atoms with Gasteiger partial charge in [0.05, 0.1) is 0 Å². The first-order chi connectivity index (χ1) is 10.1. The Hall–Kier alpha value is -1.68. The summed E-state index contributed by atoms with van der Waals surface area (Å²) in [7, 11) is -4.66. The standard InChI is InChI=1S/C11H17N2O8P/c1-11(13-12,10(15)16)5-7-2-3-9(8(14)4-7)20-6-21-22(17,18)19/h2-4,13-14H,5-6,12H2,1H3,(H,15,16)(H2,17,18,19)/t11-/m0/s1. The maximum atomic E-state index is 11.1. The van der Waals surface area contributed by atoms with E-state index in [1.807, 2.05) is 0 Å². The lowest BCUT2D eigenvalue weighted by atomic mass is 9.93. The van der Waals surface area contributed by atoms with E-state index in [0.717, 1.165) is 0 Å². The number of nitrogens with one attached hydrogen (secondary N) is 1. The van der Waals surface area contributed by atoms with Crippen molar-refractivity contribution in [2.45, 2.75) is 18.9 Å². The van der Waals surface area contributed by atoms with E-state index in [0.29, 0.717) is 5.56 Å². The molecule has 0 bridgehead atoms. The number of hydrogen-bond donors (Lipinski definition) is 6. The molecule has 124 valence electrons. The average molecular weight is 336 g/mol. The van der Waals surface area contributed by atoms with Crippen molar-refractivity contribution < 1.29 is 38.6 Å². The number of phosphoric ester groups is 1. The normalized spacial score (nSPS) is 14.4. The zero-order valence-corrected chi connectivity index (χ0v) is 12.5. The zero-order chi connectivity index (χ0) is 17.0. The van der Waals surface area contributed by atoms with Crippen LogP contribution in [0.2, 0.25) is 0 Å². The van der Waals surface area contributed by atoms with Crippen LogP contribution in [0, 0.1) is 0 Å². The van der Waals surface area contributed by atoms with Crippen LogP contribution in [0.4, 0.5) is 0 Å². The topological polar surface area (TPSA) is 172 Å². The third kappa shape index (κ3) is 5.26. The molecule has 1 rings (SSSR count). The van der Waals surface area contributed by atoms with Crippen molar-refractivity contribution in [3.8, 4) is 11.5 Å². The largest absolute Gasteiger partial charge is 0.504 e. The van der Waals surface area contributed by atoms with Crippen LogP contribution in [0.25, 0.3) is 0 Å². The number of rotatable bonds is 8. The van der Waals surface area contributed by atoms with Crippen molar-refractivity contribution in [3.63, 3.8) is 0 Å². The molecule has 0 aliphatic rings. The maximum absolute atomic E-state index is 11.1. The number of phenols is 1. The molecule has 0 spiro atoms. The Morgan fingerprint density at radius 2 is 2.09 bits per heavy atom. The molecule has 1 atom stereocenters. The number of ether oxygens (including phenoxy) is 1. The van der Waals surface area contributed by atoms with Crippen molar-refractivity contribution >= 4 is 13.8 Å². The van der Waals surface area contributed by atoms with Crippen molar-refractivity contribution in [1.82, 2.24) is 5.43 Å². The molecule has 0 heterocycles. The molecular weight excluding hydrogens is 319 g/mol.